The summed E-state index contributed by atoms with van der Waals surface area (Å²) in [5, 5.41) is 4.38. The molecule has 0 spiro atoms. The van der Waals surface area contributed by atoms with E-state index < -0.39 is 6.04 Å². The van der Waals surface area contributed by atoms with Crippen LogP contribution in [-0.4, -0.2) is 34.6 Å². The molecule has 1 atom stereocenters. The van der Waals surface area contributed by atoms with Gasteiger partial charge in [-0.3, -0.25) is 9.59 Å². The Hall–Kier alpha value is -1.69. The fraction of sp³-hybridized carbons (Fsp3) is 0.462. The summed E-state index contributed by atoms with van der Waals surface area (Å²) >= 11 is 13.8. The van der Waals surface area contributed by atoms with Crippen molar-refractivity contribution in [2.75, 3.05) is 5.75 Å². The van der Waals surface area contributed by atoms with Crippen LogP contribution in [-0.2, 0) is 21.9 Å². The third-order valence-corrected chi connectivity index (χ3v) is 7.74. The number of nitrogens with zero attached hydrogens (tertiary/aromatic N) is 1. The summed E-state index contributed by atoms with van der Waals surface area (Å²) in [5.74, 6) is 0.794. The van der Waals surface area contributed by atoms with Crippen molar-refractivity contribution in [3.8, 4) is 0 Å². The van der Waals surface area contributed by atoms with Crippen molar-refractivity contribution >= 4 is 46.8 Å². The van der Waals surface area contributed by atoms with Gasteiger partial charge < -0.3 is 10.2 Å². The van der Waals surface area contributed by atoms with E-state index in [4.69, 9.17) is 23.2 Å². The Kier molecular flexibility index (Phi) is 9.96. The van der Waals surface area contributed by atoms with Gasteiger partial charge in [-0.05, 0) is 55.0 Å². The molecule has 0 saturated heterocycles. The van der Waals surface area contributed by atoms with Crippen LogP contribution in [0.1, 0.15) is 55.7 Å². The van der Waals surface area contributed by atoms with E-state index in [0.29, 0.717) is 28.8 Å². The summed E-state index contributed by atoms with van der Waals surface area (Å²) in [7, 11) is 0. The molecule has 3 rings (SSSR count). The van der Waals surface area contributed by atoms with Crippen LogP contribution in [0.25, 0.3) is 0 Å². The predicted octanol–water partition coefficient (Wildman–Crippen LogP) is 6.40. The summed E-state index contributed by atoms with van der Waals surface area (Å²) in [5.41, 5.74) is 3.11. The molecule has 2 amide bonds. The van der Waals surface area contributed by atoms with Crippen LogP contribution in [0.5, 0.6) is 0 Å². The number of amides is 2. The second-order valence-electron chi connectivity index (χ2n) is 8.59. The smallest absolute Gasteiger partial charge is 0.243 e. The third-order valence-electron chi connectivity index (χ3n) is 6.19. The molecular formula is C26H32Cl2N2O2S. The second-order valence-corrected chi connectivity index (χ2v) is 10.4. The van der Waals surface area contributed by atoms with E-state index in [9.17, 15) is 9.59 Å². The van der Waals surface area contributed by atoms with Gasteiger partial charge in [-0.15, -0.1) is 11.8 Å². The number of carbonyl (C=O) groups is 2. The number of aryl methyl sites for hydroxylation is 1. The first-order valence-corrected chi connectivity index (χ1v) is 13.5. The van der Waals surface area contributed by atoms with Crippen molar-refractivity contribution < 1.29 is 9.59 Å². The van der Waals surface area contributed by atoms with Gasteiger partial charge in [0.1, 0.15) is 6.04 Å². The molecule has 0 bridgehead atoms. The Labute approximate surface area is 211 Å². The summed E-state index contributed by atoms with van der Waals surface area (Å²) in [6, 6.07) is 13.2. The quantitative estimate of drug-likeness (QED) is 0.405. The highest BCUT2D eigenvalue weighted by Gasteiger charge is 2.30. The lowest BCUT2D eigenvalue weighted by molar-refractivity contribution is -0.139. The van der Waals surface area contributed by atoms with Gasteiger partial charge in [-0.1, -0.05) is 73.3 Å². The van der Waals surface area contributed by atoms with Crippen LogP contribution in [0.3, 0.4) is 0 Å². The van der Waals surface area contributed by atoms with Crippen LogP contribution < -0.4 is 5.32 Å². The minimum atomic E-state index is -0.488. The van der Waals surface area contributed by atoms with Crippen molar-refractivity contribution in [1.82, 2.24) is 10.2 Å². The van der Waals surface area contributed by atoms with E-state index in [1.807, 2.05) is 44.2 Å². The summed E-state index contributed by atoms with van der Waals surface area (Å²) < 4.78 is 0. The first kappa shape index (κ1) is 25.9. The lowest BCUT2D eigenvalue weighted by Crippen LogP contribution is -2.51. The molecule has 1 aliphatic rings. The molecule has 4 nitrogen and oxygen atoms in total. The molecule has 1 N–H and O–H groups in total. The maximum atomic E-state index is 13.4. The first-order chi connectivity index (χ1) is 15.9. The Morgan fingerprint density at radius 1 is 1.12 bits per heavy atom. The average molecular weight is 508 g/mol. The number of carbonyl (C=O) groups excluding carboxylic acids is 2. The third kappa shape index (κ3) is 7.40. The number of nitrogens with one attached hydrogen (secondary N) is 1. The van der Waals surface area contributed by atoms with E-state index in [2.05, 4.69) is 5.32 Å². The number of benzene rings is 2. The van der Waals surface area contributed by atoms with Gasteiger partial charge in [0.2, 0.25) is 11.8 Å². The van der Waals surface area contributed by atoms with Crippen molar-refractivity contribution in [2.45, 2.75) is 70.3 Å². The molecule has 0 radical (unpaired) electrons. The molecule has 1 aliphatic carbocycles. The predicted molar refractivity (Wildman–Crippen MR) is 139 cm³/mol. The zero-order valence-corrected chi connectivity index (χ0v) is 21.6. The number of halogens is 2. The summed E-state index contributed by atoms with van der Waals surface area (Å²) in [4.78, 5) is 28.3. The van der Waals surface area contributed by atoms with Gasteiger partial charge in [0.15, 0.2) is 0 Å². The topological polar surface area (TPSA) is 49.4 Å². The van der Waals surface area contributed by atoms with Crippen LogP contribution in [0, 0.1) is 6.92 Å². The van der Waals surface area contributed by atoms with Gasteiger partial charge in [-0.2, -0.15) is 0 Å². The maximum Gasteiger partial charge on any atom is 0.243 e. The highest BCUT2D eigenvalue weighted by Crippen LogP contribution is 2.26. The van der Waals surface area contributed by atoms with Gasteiger partial charge in [0.25, 0.3) is 0 Å². The van der Waals surface area contributed by atoms with Gasteiger partial charge in [0.05, 0.1) is 5.75 Å². The van der Waals surface area contributed by atoms with E-state index >= 15 is 0 Å². The van der Waals surface area contributed by atoms with Crippen molar-refractivity contribution in [1.29, 1.82) is 0 Å². The molecule has 1 saturated carbocycles. The molecule has 2 aromatic carbocycles. The van der Waals surface area contributed by atoms with Crippen molar-refractivity contribution in [2.24, 2.45) is 0 Å². The molecule has 178 valence electrons. The van der Waals surface area contributed by atoms with Crippen LogP contribution in [0.2, 0.25) is 10.0 Å². The molecule has 1 fully saturated rings. The Morgan fingerprint density at radius 2 is 1.85 bits per heavy atom. The van der Waals surface area contributed by atoms with Crippen LogP contribution in [0.15, 0.2) is 42.5 Å². The SMILES string of the molecule is CC[C@H](C(=O)NC1CCCC1)N(Cc1ccccc1C)C(=O)CSCc1ccc(Cl)cc1Cl. The lowest BCUT2D eigenvalue weighted by atomic mass is 10.1. The number of rotatable bonds is 10. The van der Waals surface area contributed by atoms with Crippen molar-refractivity contribution in [3.05, 3.63) is 69.2 Å². The largest absolute Gasteiger partial charge is 0.352 e. The Bertz CT molecular complexity index is 963. The van der Waals surface area contributed by atoms with E-state index in [1.165, 1.54) is 11.8 Å². The average Bonchev–Trinajstić information content (AvgIpc) is 3.29. The van der Waals surface area contributed by atoms with Crippen LogP contribution in [0.4, 0.5) is 0 Å². The Morgan fingerprint density at radius 3 is 2.52 bits per heavy atom. The summed E-state index contributed by atoms with van der Waals surface area (Å²) in [6.07, 6.45) is 4.91. The van der Waals surface area contributed by atoms with E-state index in [1.54, 1.807) is 17.0 Å². The van der Waals surface area contributed by atoms with Gasteiger partial charge in [-0.25, -0.2) is 0 Å². The van der Waals surface area contributed by atoms with Gasteiger partial charge >= 0.3 is 0 Å². The number of hydrogen-bond acceptors (Lipinski definition) is 3. The van der Waals surface area contributed by atoms with E-state index in [0.717, 1.165) is 42.4 Å². The molecule has 7 heteroatoms. The fourth-order valence-electron chi connectivity index (χ4n) is 4.23. The molecule has 0 heterocycles. The monoisotopic (exact) mass is 506 g/mol. The standard InChI is InChI=1S/C26H32Cl2N2O2S/c1-3-24(26(32)29-22-10-6-7-11-22)30(15-19-9-5-4-8-18(19)2)25(31)17-33-16-20-12-13-21(27)14-23(20)28/h4-5,8-9,12-14,22,24H,3,6-7,10-11,15-17H2,1-2H3,(H,29,32)/t24-/m1/s1. The second kappa shape index (κ2) is 12.7. The highest BCUT2D eigenvalue weighted by molar-refractivity contribution is 7.99. The van der Waals surface area contributed by atoms with Gasteiger partial charge in [0, 0.05) is 28.4 Å². The fourth-order valence-corrected chi connectivity index (χ4v) is 5.70. The van der Waals surface area contributed by atoms with Crippen LogP contribution >= 0.6 is 35.0 Å². The molecule has 2 aromatic rings. The van der Waals surface area contributed by atoms with E-state index in [-0.39, 0.29) is 23.6 Å². The highest BCUT2D eigenvalue weighted by atomic mass is 35.5. The summed E-state index contributed by atoms with van der Waals surface area (Å²) in [6.45, 7) is 4.43. The first-order valence-electron chi connectivity index (χ1n) is 11.5. The minimum Gasteiger partial charge on any atom is -0.352 e. The maximum absolute atomic E-state index is 13.4. The molecule has 0 aromatic heterocycles. The molecule has 0 aliphatic heterocycles. The molecule has 33 heavy (non-hydrogen) atoms. The Balaban J connectivity index is 1.72. The number of hydrogen-bond donors (Lipinski definition) is 1. The molecular weight excluding hydrogens is 475 g/mol. The normalized spacial score (nSPS) is 14.8. The molecule has 0 unspecified atom stereocenters. The zero-order valence-electron chi connectivity index (χ0n) is 19.3. The zero-order chi connectivity index (χ0) is 23.8. The lowest BCUT2D eigenvalue weighted by Gasteiger charge is -2.32. The minimum absolute atomic E-state index is 0.0400. The number of thioether (sulfide) groups is 1. The van der Waals surface area contributed by atoms with Crippen molar-refractivity contribution in [3.63, 3.8) is 0 Å².